The van der Waals surface area contributed by atoms with Gasteiger partial charge in [0.2, 0.25) is 0 Å². The number of carbonyl (C=O) groups excluding carboxylic acids is 2. The molecule has 0 saturated carbocycles. The van der Waals surface area contributed by atoms with Gasteiger partial charge in [0.1, 0.15) is 11.6 Å². The third kappa shape index (κ3) is 17.3. The highest BCUT2D eigenvalue weighted by molar-refractivity contribution is 7.58. The second-order valence-electron chi connectivity index (χ2n) is 11.1. The minimum Gasteiger partial charge on any atom is -0.328 e. The molecule has 0 amide bonds. The number of carbonyl (C=O) groups is 2. The van der Waals surface area contributed by atoms with Crippen LogP contribution in [0.4, 0.5) is 0 Å². The Kier molecular flexibility index (Phi) is 13.1. The van der Waals surface area contributed by atoms with E-state index >= 15 is 0 Å². The van der Waals surface area contributed by atoms with Crippen molar-refractivity contribution >= 4 is 18.9 Å². The van der Waals surface area contributed by atoms with Crippen molar-refractivity contribution in [2.75, 3.05) is 19.4 Å². The van der Waals surface area contributed by atoms with Crippen molar-refractivity contribution in [3.05, 3.63) is 24.3 Å². The molecule has 0 aliphatic heterocycles. The zero-order valence-electron chi connectivity index (χ0n) is 21.3. The van der Waals surface area contributed by atoms with Gasteiger partial charge in [-0.3, -0.25) is 4.57 Å². The van der Waals surface area contributed by atoms with Crippen LogP contribution in [-0.4, -0.2) is 31.0 Å². The molecule has 0 aromatic rings. The third-order valence-corrected chi connectivity index (χ3v) is 7.40. The highest BCUT2D eigenvalue weighted by atomic mass is 31.2. The van der Waals surface area contributed by atoms with Crippen LogP contribution in [0.15, 0.2) is 24.3 Å². The van der Waals surface area contributed by atoms with Crippen molar-refractivity contribution in [2.45, 2.75) is 99.3 Å². The Labute approximate surface area is 191 Å². The topological polar surface area (TPSA) is 60.4 Å². The van der Waals surface area contributed by atoms with E-state index < -0.39 is 7.37 Å². The molecule has 2 atom stereocenters. The summed E-state index contributed by atoms with van der Waals surface area (Å²) in [6, 6.07) is 0. The quantitative estimate of drug-likeness (QED) is 0.166. The molecule has 0 bridgehead atoms. The molecule has 0 saturated heterocycles. The molecule has 0 aliphatic rings. The van der Waals surface area contributed by atoms with Crippen LogP contribution >= 0.6 is 7.37 Å². The lowest BCUT2D eigenvalue weighted by atomic mass is 9.78. The van der Waals surface area contributed by atoms with E-state index in [0.29, 0.717) is 38.5 Å². The van der Waals surface area contributed by atoms with E-state index in [1.54, 1.807) is 20.5 Å². The summed E-state index contributed by atoms with van der Waals surface area (Å²) in [4.78, 5) is 22.6. The van der Waals surface area contributed by atoms with Gasteiger partial charge >= 0.3 is 0 Å². The number of hydrogen-bond donors (Lipinski definition) is 0. The molecule has 180 valence electrons. The van der Waals surface area contributed by atoms with Gasteiger partial charge in [-0.1, -0.05) is 52.0 Å². The average molecular weight is 455 g/mol. The van der Waals surface area contributed by atoms with Gasteiger partial charge in [-0.15, -0.1) is 0 Å². The van der Waals surface area contributed by atoms with Gasteiger partial charge in [0.25, 0.3) is 0 Å². The Hall–Kier alpha value is -0.990. The van der Waals surface area contributed by atoms with E-state index in [-0.39, 0.29) is 22.4 Å². The molecule has 0 N–H and O–H groups in total. The molecule has 1 unspecified atom stereocenters. The molecular weight excluding hydrogens is 407 g/mol. The number of hydrogen-bond acceptors (Lipinski definition) is 4. The van der Waals surface area contributed by atoms with E-state index in [9.17, 15) is 14.2 Å². The lowest BCUT2D eigenvalue weighted by molar-refractivity contribution is -0.117. The Morgan fingerprint density at radius 3 is 1.84 bits per heavy atom. The van der Waals surface area contributed by atoms with Crippen LogP contribution in [0.1, 0.15) is 99.3 Å². The Morgan fingerprint density at radius 2 is 1.35 bits per heavy atom. The highest BCUT2D eigenvalue weighted by Crippen LogP contribution is 2.47. The van der Waals surface area contributed by atoms with Crippen molar-refractivity contribution in [2.24, 2.45) is 10.8 Å². The van der Waals surface area contributed by atoms with Crippen LogP contribution < -0.4 is 0 Å². The fourth-order valence-corrected chi connectivity index (χ4v) is 4.91. The summed E-state index contributed by atoms with van der Waals surface area (Å²) in [5.41, 5.74) is 2.07. The van der Waals surface area contributed by atoms with Crippen molar-refractivity contribution in [1.29, 1.82) is 0 Å². The summed E-state index contributed by atoms with van der Waals surface area (Å²) >= 11 is 0. The van der Waals surface area contributed by atoms with Gasteiger partial charge < -0.3 is 14.1 Å². The molecule has 0 heterocycles. The van der Waals surface area contributed by atoms with E-state index in [0.717, 1.165) is 43.3 Å². The van der Waals surface area contributed by atoms with Crippen LogP contribution in [0.25, 0.3) is 0 Å². The molecule has 31 heavy (non-hydrogen) atoms. The van der Waals surface area contributed by atoms with Crippen LogP contribution in [0.5, 0.6) is 0 Å². The minimum absolute atomic E-state index is 0.161. The summed E-state index contributed by atoms with van der Waals surface area (Å²) in [5.74, 6) is 0.334. The summed E-state index contributed by atoms with van der Waals surface area (Å²) in [5, 5.41) is 0. The first-order valence-electron chi connectivity index (χ1n) is 11.6. The molecule has 0 spiro atoms. The van der Waals surface area contributed by atoms with Crippen LogP contribution in [0.3, 0.4) is 0 Å². The van der Waals surface area contributed by atoms with Crippen LogP contribution in [0.2, 0.25) is 0 Å². The largest absolute Gasteiger partial charge is 0.328 e. The van der Waals surface area contributed by atoms with E-state index in [2.05, 4.69) is 40.9 Å². The normalized spacial score (nSPS) is 15.7. The lowest BCUT2D eigenvalue weighted by Crippen LogP contribution is -2.24. The van der Waals surface area contributed by atoms with Gasteiger partial charge in [-0.2, -0.15) is 0 Å². The SMILES string of the molecule is C=C(CCC(C)=O)CC[C@](C)(COP(C)(=O)CCCC(C)(C)C)CC(=C)CCC(C)=O. The monoisotopic (exact) mass is 454 g/mol. The molecule has 0 aromatic carbocycles. The lowest BCUT2D eigenvalue weighted by Gasteiger charge is -2.32. The first-order chi connectivity index (χ1) is 14.0. The average Bonchev–Trinajstić information content (AvgIpc) is 2.60. The fraction of sp³-hybridized carbons (Fsp3) is 0.769. The molecule has 0 aliphatic carbocycles. The first kappa shape index (κ1) is 30.0. The zero-order valence-corrected chi connectivity index (χ0v) is 22.2. The summed E-state index contributed by atoms with van der Waals surface area (Å²) < 4.78 is 19.0. The van der Waals surface area contributed by atoms with Gasteiger partial charge in [-0.05, 0) is 69.6 Å². The Morgan fingerprint density at radius 1 is 0.839 bits per heavy atom. The molecular formula is C26H47O4P. The van der Waals surface area contributed by atoms with Crippen molar-refractivity contribution in [3.63, 3.8) is 0 Å². The number of ketones is 2. The summed E-state index contributed by atoms with van der Waals surface area (Å²) in [7, 11) is -2.67. The van der Waals surface area contributed by atoms with Crippen molar-refractivity contribution in [1.82, 2.24) is 0 Å². The van der Waals surface area contributed by atoms with Gasteiger partial charge in [0.15, 0.2) is 7.37 Å². The Balaban J connectivity index is 5.00. The second-order valence-corrected chi connectivity index (χ2v) is 13.8. The predicted molar refractivity (Wildman–Crippen MR) is 133 cm³/mol. The summed E-state index contributed by atoms with van der Waals surface area (Å²) in [6.45, 7) is 22.4. The number of allylic oxidation sites excluding steroid dienone is 2. The van der Waals surface area contributed by atoms with E-state index in [4.69, 9.17) is 4.52 Å². The van der Waals surface area contributed by atoms with Gasteiger partial charge in [-0.25, -0.2) is 0 Å². The smallest absolute Gasteiger partial charge is 0.200 e. The van der Waals surface area contributed by atoms with Crippen molar-refractivity contribution < 1.29 is 18.7 Å². The second kappa shape index (κ2) is 13.5. The highest BCUT2D eigenvalue weighted by Gasteiger charge is 2.29. The molecule has 5 heteroatoms. The molecule has 0 rings (SSSR count). The van der Waals surface area contributed by atoms with E-state index in [1.165, 1.54) is 0 Å². The first-order valence-corrected chi connectivity index (χ1v) is 13.8. The standard InChI is InChI=1S/C26H47O4P/c1-21(11-13-23(3)27)15-17-26(8,19-22(2)12-14-24(4)28)20-30-31(9,29)18-10-16-25(5,6)7/h1-2,10-20H2,3-9H3/t26-,31?/m0/s1. The maximum absolute atomic E-state index is 13.0. The molecule has 4 nitrogen and oxygen atoms in total. The maximum Gasteiger partial charge on any atom is 0.200 e. The number of rotatable bonds is 17. The third-order valence-electron chi connectivity index (χ3n) is 5.60. The Bertz CT molecular complexity index is 671. The minimum atomic E-state index is -2.67. The van der Waals surface area contributed by atoms with E-state index in [1.807, 2.05) is 0 Å². The molecule has 0 fully saturated rings. The molecule has 0 radical (unpaired) electrons. The van der Waals surface area contributed by atoms with Crippen LogP contribution in [0, 0.1) is 10.8 Å². The maximum atomic E-state index is 13.0. The van der Waals surface area contributed by atoms with Gasteiger partial charge in [0.05, 0.1) is 6.61 Å². The predicted octanol–water partition coefficient (Wildman–Crippen LogP) is 7.76. The van der Waals surface area contributed by atoms with Crippen molar-refractivity contribution in [3.8, 4) is 0 Å². The van der Waals surface area contributed by atoms with Gasteiger partial charge in [0, 0.05) is 25.7 Å². The zero-order chi connectivity index (χ0) is 24.3. The summed E-state index contributed by atoms with van der Waals surface area (Å²) in [6.07, 6.45) is 7.25. The van der Waals surface area contributed by atoms with Crippen LogP contribution in [-0.2, 0) is 18.7 Å². The fourth-order valence-electron chi connectivity index (χ4n) is 3.47. The number of Topliss-reactive ketones (excluding diaryl/α,β-unsaturated/α-hetero) is 2. The molecule has 0 aromatic heterocycles.